The van der Waals surface area contributed by atoms with Crippen LogP contribution in [0.3, 0.4) is 0 Å². The first kappa shape index (κ1) is 53.1. The van der Waals surface area contributed by atoms with Gasteiger partial charge in [-0.25, -0.2) is 13.6 Å². The van der Waals surface area contributed by atoms with E-state index in [4.69, 9.17) is 33.9 Å². The van der Waals surface area contributed by atoms with E-state index in [1.165, 1.54) is 13.2 Å². The molecule has 2 bridgehead atoms. The van der Waals surface area contributed by atoms with E-state index in [-0.39, 0.29) is 60.2 Å². The number of rotatable bonds is 16. The summed E-state index contributed by atoms with van der Waals surface area (Å²) in [6.07, 6.45) is 6.94. The highest BCUT2D eigenvalue weighted by Crippen LogP contribution is 2.43. The first-order chi connectivity index (χ1) is 34.3. The topological polar surface area (TPSA) is 143 Å². The van der Waals surface area contributed by atoms with Gasteiger partial charge in [0.25, 0.3) is 0 Å². The lowest BCUT2D eigenvalue weighted by atomic mass is 9.95. The average molecular weight is 1010 g/mol. The smallest absolute Gasteiger partial charge is 0.410 e. The molecule has 4 aliphatic heterocycles. The fourth-order valence-electron chi connectivity index (χ4n) is 12.2. The molecule has 2 aromatic carbocycles. The van der Waals surface area contributed by atoms with Gasteiger partial charge >= 0.3 is 18.1 Å². The third-order valence-corrected chi connectivity index (χ3v) is 22.0. The highest BCUT2D eigenvalue weighted by molar-refractivity contribution is 6.90. The minimum atomic E-state index is -2.34. The van der Waals surface area contributed by atoms with E-state index in [1.54, 1.807) is 24.4 Å². The summed E-state index contributed by atoms with van der Waals surface area (Å²) in [4.78, 5) is 48.1. The van der Waals surface area contributed by atoms with Crippen molar-refractivity contribution in [1.82, 2.24) is 29.7 Å². The van der Waals surface area contributed by atoms with Crippen LogP contribution in [0.1, 0.15) is 113 Å². The molecule has 0 saturated carbocycles. The number of hydrogen-bond acceptors (Lipinski definition) is 12. The Kier molecular flexibility index (Phi) is 16.3. The van der Waals surface area contributed by atoms with Gasteiger partial charge in [-0.1, -0.05) is 53.5 Å². The van der Waals surface area contributed by atoms with Gasteiger partial charge < -0.3 is 33.9 Å². The Morgan fingerprint density at radius 2 is 1.61 bits per heavy atom. The molecule has 4 aliphatic rings. The van der Waals surface area contributed by atoms with Crippen LogP contribution in [0.2, 0.25) is 16.6 Å². The molecule has 0 radical (unpaired) electrons. The van der Waals surface area contributed by atoms with E-state index in [2.05, 4.69) is 67.7 Å². The molecule has 0 spiro atoms. The Labute approximate surface area is 425 Å². The number of aliphatic carboxylic acids is 1. The molecular formula is C55H75F2N7O7Si. The number of carbonyl (C=O) groups is 2. The summed E-state index contributed by atoms with van der Waals surface area (Å²) in [6, 6.07) is 6.35. The number of ether oxygens (including phenoxy) is 4. The van der Waals surface area contributed by atoms with Crippen LogP contribution < -0.4 is 14.4 Å². The van der Waals surface area contributed by atoms with Crippen molar-refractivity contribution < 1.29 is 42.4 Å². The van der Waals surface area contributed by atoms with Crippen LogP contribution in [0.5, 0.6) is 11.8 Å². The molecule has 4 fully saturated rings. The number of aromatic nitrogens is 3. The number of carboxylic acids is 1. The molecule has 0 aliphatic carbocycles. The maximum Gasteiger partial charge on any atom is 0.410 e. The molecule has 17 heteroatoms. The fourth-order valence-corrected chi connectivity index (χ4v) is 17.4. The molecule has 4 aromatic rings. The number of fused-ring (bicyclic) bond motifs is 4. The maximum absolute atomic E-state index is 18.1. The van der Waals surface area contributed by atoms with Gasteiger partial charge in [-0.2, -0.15) is 9.97 Å². The Morgan fingerprint density at radius 3 is 2.25 bits per heavy atom. The fraction of sp³-hybridized carbons (Fsp3) is 0.618. The van der Waals surface area contributed by atoms with Crippen LogP contribution in [-0.2, 0) is 14.3 Å². The third-order valence-electron chi connectivity index (χ3n) is 15.7. The Hall–Kier alpha value is -5.15. The van der Waals surface area contributed by atoms with Crippen LogP contribution in [0, 0.1) is 29.0 Å². The van der Waals surface area contributed by atoms with Crippen molar-refractivity contribution in [2.24, 2.45) is 5.92 Å². The van der Waals surface area contributed by atoms with Gasteiger partial charge in [-0.05, 0) is 125 Å². The lowest BCUT2D eigenvalue weighted by Gasteiger charge is -2.42. The first-order valence-electron chi connectivity index (χ1n) is 26.1. The van der Waals surface area contributed by atoms with E-state index >= 15 is 8.78 Å². The number of carbonyl (C=O) groups excluding carboxylic acids is 1. The van der Waals surface area contributed by atoms with E-state index in [1.807, 2.05) is 25.7 Å². The number of likely N-dealkylation sites (tertiary alicyclic amines) is 2. The molecular weight excluding hydrogens is 937 g/mol. The summed E-state index contributed by atoms with van der Waals surface area (Å²) in [5, 5.41) is 10.6. The van der Waals surface area contributed by atoms with Crippen LogP contribution >= 0.6 is 0 Å². The lowest BCUT2D eigenvalue weighted by Crippen LogP contribution is -2.57. The normalized spacial score (nSPS) is 20.3. The van der Waals surface area contributed by atoms with Crippen LogP contribution in [0.25, 0.3) is 32.9 Å². The summed E-state index contributed by atoms with van der Waals surface area (Å²) in [7, 11) is -0.816. The summed E-state index contributed by atoms with van der Waals surface area (Å²) >= 11 is 0. The molecule has 390 valence electrons. The number of hydrogen-bond donors (Lipinski definition) is 1. The van der Waals surface area contributed by atoms with Crippen molar-refractivity contribution in [3.05, 3.63) is 47.7 Å². The first-order valence-corrected chi connectivity index (χ1v) is 28.4. The number of methoxy groups -OCH3 is 1. The standard InChI is InChI=1S/C55H75F2N7O7Si/c1-34(2)72(35(3)4,36(5)6)25-20-43-46(56)16-13-38-26-42(70-33-68-10)27-44(48(38)43)50-49(57)51-45(28-58-50)52(63-30-39-14-15-40(31-63)64(39)54(67)71-55(7,8)9)60-53(59-51)69-32-41-12-11-21-62(41)29-37-17-22-61(23-18-37)24-19-47(65)66/h13,16,26-28,34-37,39-41H,11-12,14-15,17-19,21-24,29-33H2,1-10H3,(H,65,66)/t39?,40?,41-/m0/s1. The zero-order valence-electron chi connectivity index (χ0n) is 44.0. The highest BCUT2D eigenvalue weighted by atomic mass is 28.3. The molecule has 72 heavy (non-hydrogen) atoms. The van der Waals surface area contributed by atoms with E-state index in [9.17, 15) is 14.7 Å². The zero-order chi connectivity index (χ0) is 51.6. The molecule has 3 atom stereocenters. The van der Waals surface area contributed by atoms with Crippen molar-refractivity contribution in [2.75, 3.05) is 71.2 Å². The van der Waals surface area contributed by atoms with Crippen molar-refractivity contribution in [3.63, 3.8) is 0 Å². The number of amides is 1. The van der Waals surface area contributed by atoms with Gasteiger partial charge in [0.15, 0.2) is 12.6 Å². The van der Waals surface area contributed by atoms with Gasteiger partial charge in [0, 0.05) is 56.5 Å². The van der Waals surface area contributed by atoms with Gasteiger partial charge in [-0.3, -0.25) is 19.6 Å². The summed E-state index contributed by atoms with van der Waals surface area (Å²) in [6.45, 7) is 24.2. The summed E-state index contributed by atoms with van der Waals surface area (Å²) in [5.74, 6) is 2.69. The SMILES string of the molecule is COCOc1cc(-c2ncc3c(N4CC5CCC(C4)N5C(=O)OC(C)(C)C)nc(OC[C@@H]4CCCN4CC4CCN(CCC(=O)O)CC4)nc3c2F)c2c(C#C[Si](C(C)C)(C(C)C)C(C)C)c(F)ccc2c1. The van der Waals surface area contributed by atoms with Gasteiger partial charge in [-0.15, -0.1) is 5.54 Å². The number of benzene rings is 2. The molecule has 6 heterocycles. The number of carboxylic acid groups (broad SMARTS) is 1. The Balaban J connectivity index is 1.20. The number of pyridine rings is 1. The zero-order valence-corrected chi connectivity index (χ0v) is 45.0. The molecule has 8 rings (SSSR count). The molecule has 14 nitrogen and oxygen atoms in total. The van der Waals surface area contributed by atoms with Crippen molar-refractivity contribution in [1.29, 1.82) is 0 Å². The minimum Gasteiger partial charge on any atom is -0.481 e. The van der Waals surface area contributed by atoms with Crippen molar-refractivity contribution in [3.8, 4) is 34.5 Å². The number of piperazine rings is 1. The highest BCUT2D eigenvalue weighted by Gasteiger charge is 2.46. The molecule has 2 unspecified atom stereocenters. The predicted molar refractivity (Wildman–Crippen MR) is 279 cm³/mol. The van der Waals surface area contributed by atoms with Crippen LogP contribution in [-0.4, -0.2) is 145 Å². The largest absolute Gasteiger partial charge is 0.481 e. The molecule has 4 saturated heterocycles. The molecule has 2 aromatic heterocycles. The Bertz CT molecular complexity index is 2640. The van der Waals surface area contributed by atoms with Crippen molar-refractivity contribution >= 4 is 47.6 Å². The van der Waals surface area contributed by atoms with E-state index < -0.39 is 31.3 Å². The average Bonchev–Trinajstić information content (AvgIpc) is 3.88. The number of piperidine rings is 1. The third kappa shape index (κ3) is 11.3. The van der Waals surface area contributed by atoms with Gasteiger partial charge in [0.05, 0.1) is 29.5 Å². The number of nitrogens with zero attached hydrogens (tertiary/aromatic N) is 7. The molecule has 1 N–H and O–H groups in total. The summed E-state index contributed by atoms with van der Waals surface area (Å²) in [5.41, 5.74) is 4.38. The predicted octanol–water partition coefficient (Wildman–Crippen LogP) is 10.3. The number of halogens is 2. The number of anilines is 1. The van der Waals surface area contributed by atoms with E-state index in [0.29, 0.717) is 82.1 Å². The van der Waals surface area contributed by atoms with Gasteiger partial charge in [0.2, 0.25) is 0 Å². The van der Waals surface area contributed by atoms with Crippen LogP contribution in [0.4, 0.5) is 19.4 Å². The maximum atomic E-state index is 18.1. The van der Waals surface area contributed by atoms with E-state index in [0.717, 1.165) is 64.7 Å². The Morgan fingerprint density at radius 1 is 0.917 bits per heavy atom. The second kappa shape index (κ2) is 22.1. The summed E-state index contributed by atoms with van der Waals surface area (Å²) < 4.78 is 58.2. The second-order valence-corrected chi connectivity index (χ2v) is 28.0. The van der Waals surface area contributed by atoms with Crippen molar-refractivity contribution in [2.45, 2.75) is 148 Å². The molecule has 1 amide bonds. The minimum absolute atomic E-state index is 0.00565. The second-order valence-electron chi connectivity index (χ2n) is 22.4. The van der Waals surface area contributed by atoms with Gasteiger partial charge in [0.1, 0.15) is 48.9 Å². The quantitative estimate of drug-likeness (QED) is 0.0647. The monoisotopic (exact) mass is 1010 g/mol. The van der Waals surface area contributed by atoms with Crippen LogP contribution in [0.15, 0.2) is 30.5 Å². The lowest BCUT2D eigenvalue weighted by molar-refractivity contribution is -0.137.